The van der Waals surface area contributed by atoms with Gasteiger partial charge in [0.1, 0.15) is 4.21 Å². The molecular weight excluding hydrogens is 389 g/mol. The number of nitrogens with zero attached hydrogens (tertiary/aromatic N) is 2. The standard InChI is InChI=1S/C15H24ClN3O2S2.ClH/c16-14-2-3-15(22-14)23(20,21)19-9-1-8-18(10-11-19)12-13-4-6-17-7-5-13;/h2-3,13,17H,1,4-12H2;1H. The number of thiophene rings is 1. The Morgan fingerprint density at radius 2 is 1.92 bits per heavy atom. The number of sulfonamides is 1. The number of nitrogens with one attached hydrogen (secondary N) is 1. The summed E-state index contributed by atoms with van der Waals surface area (Å²) < 4.78 is 27.9. The van der Waals surface area contributed by atoms with Crippen molar-refractivity contribution < 1.29 is 8.42 Å². The monoisotopic (exact) mass is 413 g/mol. The Bertz CT molecular complexity index is 618. The summed E-state index contributed by atoms with van der Waals surface area (Å²) in [6, 6.07) is 3.26. The summed E-state index contributed by atoms with van der Waals surface area (Å²) in [5.74, 6) is 0.746. The lowest BCUT2D eigenvalue weighted by Gasteiger charge is -2.29. The average molecular weight is 414 g/mol. The van der Waals surface area contributed by atoms with E-state index in [2.05, 4.69) is 10.2 Å². The maximum Gasteiger partial charge on any atom is 0.252 e. The molecule has 138 valence electrons. The second kappa shape index (κ2) is 9.16. The fourth-order valence-corrected chi connectivity index (χ4v) is 6.47. The Kier molecular flexibility index (Phi) is 7.80. The van der Waals surface area contributed by atoms with Crippen LogP contribution in [0.3, 0.4) is 0 Å². The summed E-state index contributed by atoms with van der Waals surface area (Å²) in [5.41, 5.74) is 0. The molecule has 2 saturated heterocycles. The van der Waals surface area contributed by atoms with Crippen LogP contribution in [0.1, 0.15) is 19.3 Å². The van der Waals surface area contributed by atoms with Gasteiger partial charge in [0.25, 0.3) is 10.0 Å². The van der Waals surface area contributed by atoms with E-state index in [0.29, 0.717) is 21.6 Å². The van der Waals surface area contributed by atoms with Crippen LogP contribution in [-0.4, -0.2) is 63.4 Å². The van der Waals surface area contributed by atoms with Gasteiger partial charge < -0.3 is 10.2 Å². The predicted octanol–water partition coefficient (Wildman–Crippen LogP) is 2.52. The van der Waals surface area contributed by atoms with Crippen molar-refractivity contribution in [3.63, 3.8) is 0 Å². The highest BCUT2D eigenvalue weighted by atomic mass is 35.5. The second-order valence-electron chi connectivity index (χ2n) is 6.31. The van der Waals surface area contributed by atoms with Gasteiger partial charge in [0.2, 0.25) is 0 Å². The molecule has 2 fully saturated rings. The van der Waals surface area contributed by atoms with E-state index in [9.17, 15) is 8.42 Å². The number of hydrogen-bond donors (Lipinski definition) is 1. The van der Waals surface area contributed by atoms with Gasteiger partial charge in [-0.25, -0.2) is 8.42 Å². The van der Waals surface area contributed by atoms with Gasteiger partial charge in [-0.1, -0.05) is 11.6 Å². The molecule has 24 heavy (non-hydrogen) atoms. The number of rotatable bonds is 4. The zero-order valence-corrected chi connectivity index (χ0v) is 16.8. The molecule has 0 spiro atoms. The third-order valence-electron chi connectivity index (χ3n) is 4.67. The van der Waals surface area contributed by atoms with E-state index in [1.165, 1.54) is 12.8 Å². The molecule has 1 N–H and O–H groups in total. The molecule has 3 rings (SSSR count). The SMILES string of the molecule is Cl.O=S(=O)(c1ccc(Cl)s1)N1CCCN(CC2CCNCC2)CC1. The Morgan fingerprint density at radius 1 is 1.17 bits per heavy atom. The van der Waals surface area contributed by atoms with Crippen LogP contribution >= 0.6 is 35.3 Å². The highest BCUT2D eigenvalue weighted by Crippen LogP contribution is 2.28. The van der Waals surface area contributed by atoms with Crippen molar-refractivity contribution in [1.82, 2.24) is 14.5 Å². The van der Waals surface area contributed by atoms with Crippen LogP contribution in [0.25, 0.3) is 0 Å². The van der Waals surface area contributed by atoms with E-state index in [0.717, 1.165) is 56.4 Å². The zero-order valence-electron chi connectivity index (χ0n) is 13.6. The van der Waals surface area contributed by atoms with Gasteiger partial charge in [-0.2, -0.15) is 4.31 Å². The first kappa shape index (κ1) is 20.4. The first-order valence-corrected chi connectivity index (χ1v) is 10.9. The minimum absolute atomic E-state index is 0. The van der Waals surface area contributed by atoms with Crippen LogP contribution in [-0.2, 0) is 10.0 Å². The maximum atomic E-state index is 12.7. The van der Waals surface area contributed by atoms with Crippen molar-refractivity contribution in [1.29, 1.82) is 0 Å². The molecule has 1 aromatic heterocycles. The topological polar surface area (TPSA) is 52.7 Å². The highest BCUT2D eigenvalue weighted by molar-refractivity contribution is 7.91. The molecule has 1 aromatic rings. The molecular formula is C15H25Cl2N3O2S2. The van der Waals surface area contributed by atoms with E-state index in [4.69, 9.17) is 11.6 Å². The van der Waals surface area contributed by atoms with E-state index < -0.39 is 10.0 Å². The number of hydrogen-bond acceptors (Lipinski definition) is 5. The van der Waals surface area contributed by atoms with Crippen molar-refractivity contribution in [2.45, 2.75) is 23.5 Å². The molecule has 0 aliphatic carbocycles. The second-order valence-corrected chi connectivity index (χ2v) is 10.2. The fourth-order valence-electron chi connectivity index (χ4n) is 3.36. The van der Waals surface area contributed by atoms with Crippen LogP contribution in [0, 0.1) is 5.92 Å². The van der Waals surface area contributed by atoms with Crippen molar-refractivity contribution in [3.05, 3.63) is 16.5 Å². The van der Waals surface area contributed by atoms with Crippen LogP contribution in [0.5, 0.6) is 0 Å². The lowest BCUT2D eigenvalue weighted by molar-refractivity contribution is 0.213. The van der Waals surface area contributed by atoms with Crippen LogP contribution in [0.4, 0.5) is 0 Å². The van der Waals surface area contributed by atoms with Gasteiger partial charge in [0.15, 0.2) is 0 Å². The molecule has 2 aliphatic rings. The van der Waals surface area contributed by atoms with Gasteiger partial charge in [0, 0.05) is 26.2 Å². The summed E-state index contributed by atoms with van der Waals surface area (Å²) in [7, 11) is -3.39. The largest absolute Gasteiger partial charge is 0.317 e. The van der Waals surface area contributed by atoms with E-state index >= 15 is 0 Å². The van der Waals surface area contributed by atoms with Crippen LogP contribution in [0.15, 0.2) is 16.3 Å². The number of halogens is 2. The summed E-state index contributed by atoms with van der Waals surface area (Å²) in [6.45, 7) is 6.30. The lowest BCUT2D eigenvalue weighted by atomic mass is 9.97. The normalized spacial score (nSPS) is 22.0. The molecule has 0 saturated carbocycles. The van der Waals surface area contributed by atoms with E-state index in [1.807, 2.05) is 0 Å². The molecule has 3 heterocycles. The molecule has 0 aromatic carbocycles. The minimum atomic E-state index is -3.39. The summed E-state index contributed by atoms with van der Waals surface area (Å²) in [5, 5.41) is 3.40. The fraction of sp³-hybridized carbons (Fsp3) is 0.733. The van der Waals surface area contributed by atoms with Gasteiger partial charge in [-0.3, -0.25) is 0 Å². The molecule has 0 atom stereocenters. The molecule has 0 unspecified atom stereocenters. The third kappa shape index (κ3) is 5.06. The Labute approximate surface area is 159 Å². The maximum absolute atomic E-state index is 12.7. The van der Waals surface area contributed by atoms with E-state index in [-0.39, 0.29) is 12.4 Å². The summed E-state index contributed by atoms with van der Waals surface area (Å²) in [6.07, 6.45) is 3.35. The highest BCUT2D eigenvalue weighted by Gasteiger charge is 2.28. The van der Waals surface area contributed by atoms with Crippen LogP contribution in [0.2, 0.25) is 4.34 Å². The lowest BCUT2D eigenvalue weighted by Crippen LogP contribution is -2.38. The molecule has 2 aliphatic heterocycles. The molecule has 0 radical (unpaired) electrons. The van der Waals surface area contributed by atoms with E-state index in [1.54, 1.807) is 16.4 Å². The van der Waals surface area contributed by atoms with Crippen molar-refractivity contribution in [2.24, 2.45) is 5.92 Å². The average Bonchev–Trinajstić information content (AvgIpc) is 2.84. The smallest absolute Gasteiger partial charge is 0.252 e. The summed E-state index contributed by atoms with van der Waals surface area (Å²) in [4.78, 5) is 2.44. The first-order chi connectivity index (χ1) is 11.1. The van der Waals surface area contributed by atoms with Crippen molar-refractivity contribution >= 4 is 45.4 Å². The molecule has 0 bridgehead atoms. The zero-order chi connectivity index (χ0) is 16.3. The van der Waals surface area contributed by atoms with Crippen molar-refractivity contribution in [2.75, 3.05) is 45.8 Å². The Balaban J connectivity index is 0.00000208. The number of piperidine rings is 1. The Hall–Kier alpha value is 0.110. The van der Waals surface area contributed by atoms with Crippen LogP contribution < -0.4 is 5.32 Å². The molecule has 0 amide bonds. The van der Waals surface area contributed by atoms with Gasteiger partial charge >= 0.3 is 0 Å². The molecule has 9 heteroatoms. The van der Waals surface area contributed by atoms with Gasteiger partial charge in [-0.15, -0.1) is 23.7 Å². The quantitative estimate of drug-likeness (QED) is 0.823. The van der Waals surface area contributed by atoms with Gasteiger partial charge in [0.05, 0.1) is 4.34 Å². The third-order valence-corrected chi connectivity index (χ3v) is 8.26. The molecule has 5 nitrogen and oxygen atoms in total. The summed E-state index contributed by atoms with van der Waals surface area (Å²) >= 11 is 7.03. The first-order valence-electron chi connectivity index (χ1n) is 8.24. The predicted molar refractivity (Wildman–Crippen MR) is 102 cm³/mol. The van der Waals surface area contributed by atoms with Crippen molar-refractivity contribution in [3.8, 4) is 0 Å². The van der Waals surface area contributed by atoms with Gasteiger partial charge in [-0.05, 0) is 56.9 Å². The Morgan fingerprint density at radius 3 is 2.58 bits per heavy atom. The minimum Gasteiger partial charge on any atom is -0.317 e.